The van der Waals surface area contributed by atoms with Gasteiger partial charge in [-0.2, -0.15) is 0 Å². The Morgan fingerprint density at radius 1 is 1.14 bits per heavy atom. The number of carbonyl (C=O) groups is 1. The Morgan fingerprint density at radius 3 is 2.50 bits per heavy atom. The fourth-order valence-electron chi connectivity index (χ4n) is 4.71. The van der Waals surface area contributed by atoms with Crippen molar-refractivity contribution in [2.45, 2.75) is 69.9 Å². The molecule has 6 heteroatoms. The topological polar surface area (TPSA) is 41.1 Å². The van der Waals surface area contributed by atoms with E-state index in [9.17, 15) is 4.79 Å². The molecule has 2 aliphatic rings. The summed E-state index contributed by atoms with van der Waals surface area (Å²) in [7, 11) is 2.14. The van der Waals surface area contributed by atoms with E-state index in [1.54, 1.807) is 32.0 Å². The van der Waals surface area contributed by atoms with Crippen LogP contribution in [0.3, 0.4) is 0 Å². The number of aldehydes is 1. The molecule has 3 nitrogen and oxygen atoms in total. The van der Waals surface area contributed by atoms with E-state index in [0.29, 0.717) is 10.0 Å². The third kappa shape index (κ3) is 6.91. The molecule has 2 fully saturated rings. The molecule has 0 heterocycles. The molecule has 2 N–H and O–H groups in total. The van der Waals surface area contributed by atoms with Gasteiger partial charge in [-0.25, -0.2) is 4.72 Å². The van der Waals surface area contributed by atoms with Crippen molar-refractivity contribution >= 4 is 41.4 Å². The summed E-state index contributed by atoms with van der Waals surface area (Å²) in [5, 5.41) is 4.76. The SMILES string of the molecule is CC(C)(C=O)NSc1cc(Cl)ccc1Cl.CNC1C(C)CC2CC(C)CC1C2. The first-order valence-electron chi connectivity index (χ1n) is 10.2. The van der Waals surface area contributed by atoms with Crippen molar-refractivity contribution in [1.82, 2.24) is 10.0 Å². The molecular weight excluding hydrogens is 411 g/mol. The molecule has 3 rings (SSSR count). The Kier molecular flexibility index (Phi) is 9.15. The lowest BCUT2D eigenvalue weighted by Crippen LogP contribution is -2.47. The van der Waals surface area contributed by atoms with Crippen molar-refractivity contribution in [3.63, 3.8) is 0 Å². The fraction of sp³-hybridized carbons (Fsp3) is 0.682. The summed E-state index contributed by atoms with van der Waals surface area (Å²) < 4.78 is 3.00. The highest BCUT2D eigenvalue weighted by atomic mass is 35.5. The molecule has 5 unspecified atom stereocenters. The third-order valence-corrected chi connectivity index (χ3v) is 7.71. The van der Waals surface area contributed by atoms with Crippen LogP contribution in [0.2, 0.25) is 10.0 Å². The lowest BCUT2D eigenvalue weighted by molar-refractivity contribution is -0.111. The monoisotopic (exact) mass is 444 g/mol. The highest BCUT2D eigenvalue weighted by Crippen LogP contribution is 2.44. The van der Waals surface area contributed by atoms with Gasteiger partial charge in [0, 0.05) is 16.0 Å². The molecule has 1 aromatic rings. The molecule has 0 amide bonds. The Balaban J connectivity index is 0.000000202. The van der Waals surface area contributed by atoms with Gasteiger partial charge in [0.25, 0.3) is 0 Å². The summed E-state index contributed by atoms with van der Waals surface area (Å²) in [6, 6.07) is 6.00. The number of carbonyl (C=O) groups excluding carboxylic acids is 1. The molecule has 2 aliphatic carbocycles. The maximum Gasteiger partial charge on any atom is 0.140 e. The van der Waals surface area contributed by atoms with Gasteiger partial charge in [-0.3, -0.25) is 0 Å². The maximum atomic E-state index is 10.7. The third-order valence-electron chi connectivity index (χ3n) is 5.85. The van der Waals surface area contributed by atoms with Gasteiger partial charge in [0.1, 0.15) is 6.29 Å². The second kappa shape index (κ2) is 10.7. The summed E-state index contributed by atoms with van der Waals surface area (Å²) >= 11 is 13.1. The first kappa shape index (κ1) is 24.0. The summed E-state index contributed by atoms with van der Waals surface area (Å²) in [6.45, 7) is 8.43. The summed E-state index contributed by atoms with van der Waals surface area (Å²) in [6.07, 6.45) is 6.77. The largest absolute Gasteiger partial charge is 0.316 e. The van der Waals surface area contributed by atoms with Crippen molar-refractivity contribution in [3.8, 4) is 0 Å². The number of halogens is 2. The van der Waals surface area contributed by atoms with Crippen LogP contribution in [0.15, 0.2) is 23.1 Å². The minimum atomic E-state index is -0.587. The van der Waals surface area contributed by atoms with E-state index in [1.165, 1.54) is 37.6 Å². The van der Waals surface area contributed by atoms with Gasteiger partial charge in [0.15, 0.2) is 0 Å². The average molecular weight is 446 g/mol. The van der Waals surface area contributed by atoms with Gasteiger partial charge in [-0.15, -0.1) is 0 Å². The number of hydrogen-bond donors (Lipinski definition) is 2. The van der Waals surface area contributed by atoms with E-state index in [4.69, 9.17) is 23.2 Å². The number of fused-ring (bicyclic) bond motifs is 2. The van der Waals surface area contributed by atoms with Crippen LogP contribution in [0.5, 0.6) is 0 Å². The van der Waals surface area contributed by atoms with Gasteiger partial charge in [-0.05, 0) is 100 Å². The first-order valence-corrected chi connectivity index (χ1v) is 11.7. The van der Waals surface area contributed by atoms with Gasteiger partial charge < -0.3 is 10.1 Å². The van der Waals surface area contributed by atoms with Crippen molar-refractivity contribution < 1.29 is 4.79 Å². The lowest BCUT2D eigenvalue weighted by atomic mass is 9.63. The van der Waals surface area contributed by atoms with Crippen molar-refractivity contribution in [2.24, 2.45) is 23.7 Å². The van der Waals surface area contributed by atoms with Crippen LogP contribution in [0.1, 0.15) is 53.4 Å². The van der Waals surface area contributed by atoms with E-state index >= 15 is 0 Å². The standard InChI is InChI=1S/C12H23N.C10H11Cl2NOS/c1-8-4-10-6-9(2)12(13-3)11(5-8)7-10;1-10(2,6-14)13-15-9-5-7(11)3-4-8(9)12/h8-13H,4-7H2,1-3H3;3-6,13H,1-2H3. The lowest BCUT2D eigenvalue weighted by Gasteiger charge is -2.46. The van der Waals surface area contributed by atoms with Crippen LogP contribution in [-0.2, 0) is 4.79 Å². The highest BCUT2D eigenvalue weighted by molar-refractivity contribution is 7.97. The zero-order valence-electron chi connectivity index (χ0n) is 17.6. The predicted molar refractivity (Wildman–Crippen MR) is 122 cm³/mol. The first-order chi connectivity index (χ1) is 13.1. The Hall–Kier alpha value is -0.260. The molecule has 0 aliphatic heterocycles. The van der Waals surface area contributed by atoms with E-state index in [-0.39, 0.29) is 0 Å². The minimum absolute atomic E-state index is 0.587. The minimum Gasteiger partial charge on any atom is -0.316 e. The zero-order valence-corrected chi connectivity index (χ0v) is 19.9. The van der Waals surface area contributed by atoms with Gasteiger partial charge in [-0.1, -0.05) is 37.0 Å². The van der Waals surface area contributed by atoms with Crippen LogP contribution in [0.4, 0.5) is 0 Å². The molecule has 0 spiro atoms. The number of hydrogen-bond acceptors (Lipinski definition) is 4. The molecule has 0 saturated heterocycles. The quantitative estimate of drug-likeness (QED) is 0.416. The molecule has 1 aromatic carbocycles. The van der Waals surface area contributed by atoms with Gasteiger partial charge in [0.2, 0.25) is 0 Å². The molecule has 0 aromatic heterocycles. The summed E-state index contributed by atoms with van der Waals surface area (Å²) in [4.78, 5) is 11.5. The number of benzene rings is 1. The number of rotatable bonds is 5. The Labute approximate surface area is 184 Å². The fourth-order valence-corrected chi connectivity index (χ4v) is 5.95. The molecule has 158 valence electrons. The zero-order chi connectivity index (χ0) is 20.9. The summed E-state index contributed by atoms with van der Waals surface area (Å²) in [5.74, 6) is 3.91. The second-order valence-corrected chi connectivity index (χ2v) is 10.8. The van der Waals surface area contributed by atoms with Crippen LogP contribution < -0.4 is 10.0 Å². The molecule has 2 saturated carbocycles. The molecule has 0 radical (unpaired) electrons. The van der Waals surface area contributed by atoms with Gasteiger partial charge >= 0.3 is 0 Å². The van der Waals surface area contributed by atoms with Crippen molar-refractivity contribution in [1.29, 1.82) is 0 Å². The second-order valence-electron chi connectivity index (χ2n) is 9.08. The molecule has 28 heavy (non-hydrogen) atoms. The van der Waals surface area contributed by atoms with E-state index in [2.05, 4.69) is 30.9 Å². The molecular formula is C22H34Cl2N2OS. The van der Waals surface area contributed by atoms with Crippen LogP contribution in [0, 0.1) is 23.7 Å². The number of nitrogens with one attached hydrogen (secondary N) is 2. The molecule has 5 atom stereocenters. The Morgan fingerprint density at radius 2 is 1.86 bits per heavy atom. The Bertz CT molecular complexity index is 651. The van der Waals surface area contributed by atoms with Crippen LogP contribution in [-0.4, -0.2) is 24.9 Å². The van der Waals surface area contributed by atoms with E-state index in [1.807, 2.05) is 0 Å². The van der Waals surface area contributed by atoms with Crippen LogP contribution >= 0.6 is 35.1 Å². The highest BCUT2D eigenvalue weighted by Gasteiger charge is 2.38. The smallest absolute Gasteiger partial charge is 0.140 e. The van der Waals surface area contributed by atoms with E-state index in [0.717, 1.165) is 40.9 Å². The normalized spacial score (nSPS) is 29.6. The predicted octanol–water partition coefficient (Wildman–Crippen LogP) is 6.23. The molecule has 2 bridgehead atoms. The maximum absolute atomic E-state index is 10.7. The average Bonchev–Trinajstić information content (AvgIpc) is 2.62. The van der Waals surface area contributed by atoms with Crippen molar-refractivity contribution in [3.05, 3.63) is 28.2 Å². The van der Waals surface area contributed by atoms with Crippen LogP contribution in [0.25, 0.3) is 0 Å². The summed E-state index contributed by atoms with van der Waals surface area (Å²) in [5.41, 5.74) is -0.587. The van der Waals surface area contributed by atoms with Gasteiger partial charge in [0.05, 0.1) is 10.6 Å². The van der Waals surface area contributed by atoms with E-state index < -0.39 is 5.54 Å². The van der Waals surface area contributed by atoms with Crippen molar-refractivity contribution in [2.75, 3.05) is 7.05 Å².